The smallest absolute Gasteiger partial charge is 0.00247 e. The van der Waals surface area contributed by atoms with Gasteiger partial charge >= 0.3 is 0 Å². The minimum atomic E-state index is 0.995. The Morgan fingerprint density at radius 2 is 2.08 bits per heavy atom. The van der Waals surface area contributed by atoms with Gasteiger partial charge in [-0.15, -0.1) is 0 Å². The number of nitrogens with zero attached hydrogens (tertiary/aromatic N) is 1. The molecule has 1 unspecified atom stereocenters. The Hall–Kier alpha value is -0.0800. The summed E-state index contributed by atoms with van der Waals surface area (Å²) < 4.78 is 0. The molecule has 1 aliphatic heterocycles. The number of rotatable bonds is 4. The maximum absolute atomic E-state index is 3.47. The Bertz CT molecular complexity index is 115. The van der Waals surface area contributed by atoms with E-state index >= 15 is 0 Å². The maximum atomic E-state index is 3.47. The summed E-state index contributed by atoms with van der Waals surface area (Å²) >= 11 is 0. The van der Waals surface area contributed by atoms with Crippen LogP contribution in [0.5, 0.6) is 0 Å². The van der Waals surface area contributed by atoms with Gasteiger partial charge in [-0.1, -0.05) is 0 Å². The zero-order valence-corrected chi connectivity index (χ0v) is 9.18. The molecule has 1 heterocycles. The van der Waals surface area contributed by atoms with Gasteiger partial charge in [-0.2, -0.15) is 0 Å². The maximum Gasteiger partial charge on any atom is -0.00247 e. The third-order valence-electron chi connectivity index (χ3n) is 2.91. The van der Waals surface area contributed by atoms with E-state index in [1.54, 1.807) is 0 Å². The molecule has 1 fully saturated rings. The van der Waals surface area contributed by atoms with Crippen molar-refractivity contribution in [1.82, 2.24) is 10.2 Å². The standard InChI is InChI=1S/C11H24N2/c1-13(2)10-4-6-11-5-3-8-12-9-7-11/h11-12H,3-10H2,1-2H3. The highest BCUT2D eigenvalue weighted by Gasteiger charge is 2.10. The van der Waals surface area contributed by atoms with E-state index in [9.17, 15) is 0 Å². The molecule has 0 bridgehead atoms. The van der Waals surface area contributed by atoms with Crippen molar-refractivity contribution in [3.63, 3.8) is 0 Å². The Morgan fingerprint density at radius 1 is 1.23 bits per heavy atom. The van der Waals surface area contributed by atoms with Gasteiger partial charge < -0.3 is 10.2 Å². The first-order chi connectivity index (χ1) is 6.29. The largest absolute Gasteiger partial charge is 0.317 e. The van der Waals surface area contributed by atoms with E-state index in [0.717, 1.165) is 5.92 Å². The summed E-state index contributed by atoms with van der Waals surface area (Å²) in [6, 6.07) is 0. The molecule has 2 heteroatoms. The molecule has 1 N–H and O–H groups in total. The molecule has 0 aromatic carbocycles. The Labute approximate surface area is 82.7 Å². The van der Waals surface area contributed by atoms with Crippen LogP contribution in [0.15, 0.2) is 0 Å². The molecule has 78 valence electrons. The molecule has 1 saturated heterocycles. The summed E-state index contributed by atoms with van der Waals surface area (Å²) in [6.45, 7) is 3.74. The van der Waals surface area contributed by atoms with Gasteiger partial charge in [0.2, 0.25) is 0 Å². The van der Waals surface area contributed by atoms with Crippen LogP contribution < -0.4 is 5.32 Å². The molecule has 0 aromatic rings. The minimum Gasteiger partial charge on any atom is -0.317 e. The van der Waals surface area contributed by atoms with Crippen molar-refractivity contribution < 1.29 is 0 Å². The first kappa shape index (κ1) is 11.0. The molecular weight excluding hydrogens is 160 g/mol. The van der Waals surface area contributed by atoms with Gasteiger partial charge in [0.05, 0.1) is 0 Å². The molecular formula is C11H24N2. The molecule has 0 aliphatic carbocycles. The summed E-state index contributed by atoms with van der Waals surface area (Å²) in [5.41, 5.74) is 0. The third-order valence-corrected chi connectivity index (χ3v) is 2.91. The van der Waals surface area contributed by atoms with Crippen LogP contribution in [-0.4, -0.2) is 38.6 Å². The van der Waals surface area contributed by atoms with Gasteiger partial charge in [-0.25, -0.2) is 0 Å². The average molecular weight is 184 g/mol. The molecule has 2 nitrogen and oxygen atoms in total. The zero-order chi connectivity index (χ0) is 9.52. The summed E-state index contributed by atoms with van der Waals surface area (Å²) in [5, 5.41) is 3.47. The van der Waals surface area contributed by atoms with Gasteiger partial charge in [0.25, 0.3) is 0 Å². The zero-order valence-electron chi connectivity index (χ0n) is 9.18. The van der Waals surface area contributed by atoms with E-state index in [-0.39, 0.29) is 0 Å². The highest BCUT2D eigenvalue weighted by atomic mass is 15.0. The first-order valence-corrected chi connectivity index (χ1v) is 5.64. The van der Waals surface area contributed by atoms with Crippen LogP contribution in [0, 0.1) is 5.92 Å². The number of hydrogen-bond acceptors (Lipinski definition) is 2. The van der Waals surface area contributed by atoms with Crippen LogP contribution >= 0.6 is 0 Å². The van der Waals surface area contributed by atoms with Crippen LogP contribution in [-0.2, 0) is 0 Å². The lowest BCUT2D eigenvalue weighted by molar-refractivity contribution is 0.352. The monoisotopic (exact) mass is 184 g/mol. The van der Waals surface area contributed by atoms with Gasteiger partial charge in [-0.3, -0.25) is 0 Å². The Balaban J connectivity index is 2.05. The third kappa shape index (κ3) is 5.27. The van der Waals surface area contributed by atoms with Crippen molar-refractivity contribution in [2.45, 2.75) is 32.1 Å². The van der Waals surface area contributed by atoms with E-state index in [4.69, 9.17) is 0 Å². The molecule has 1 rings (SSSR count). The molecule has 0 spiro atoms. The van der Waals surface area contributed by atoms with E-state index < -0.39 is 0 Å². The number of nitrogens with one attached hydrogen (secondary N) is 1. The van der Waals surface area contributed by atoms with Gasteiger partial charge in [0.1, 0.15) is 0 Å². The highest BCUT2D eigenvalue weighted by molar-refractivity contribution is 4.67. The molecule has 0 aromatic heterocycles. The van der Waals surface area contributed by atoms with Gasteiger partial charge in [-0.05, 0) is 71.8 Å². The summed E-state index contributed by atoms with van der Waals surface area (Å²) in [4.78, 5) is 2.29. The highest BCUT2D eigenvalue weighted by Crippen LogP contribution is 2.18. The molecule has 1 atom stereocenters. The lowest BCUT2D eigenvalue weighted by atomic mass is 9.95. The predicted molar refractivity (Wildman–Crippen MR) is 58.0 cm³/mol. The Kier molecular flexibility index (Phi) is 5.40. The van der Waals surface area contributed by atoms with Crippen molar-refractivity contribution in [2.24, 2.45) is 5.92 Å². The predicted octanol–water partition coefficient (Wildman–Crippen LogP) is 1.72. The van der Waals surface area contributed by atoms with Crippen LogP contribution in [0.4, 0.5) is 0 Å². The van der Waals surface area contributed by atoms with Crippen molar-refractivity contribution in [1.29, 1.82) is 0 Å². The fraction of sp³-hybridized carbons (Fsp3) is 1.00. The normalized spacial score (nSPS) is 24.7. The van der Waals surface area contributed by atoms with Crippen LogP contribution in [0.2, 0.25) is 0 Å². The van der Waals surface area contributed by atoms with Crippen LogP contribution in [0.25, 0.3) is 0 Å². The second-order valence-electron chi connectivity index (χ2n) is 4.49. The van der Waals surface area contributed by atoms with E-state index in [2.05, 4.69) is 24.3 Å². The second-order valence-corrected chi connectivity index (χ2v) is 4.49. The van der Waals surface area contributed by atoms with E-state index in [1.807, 2.05) is 0 Å². The van der Waals surface area contributed by atoms with Crippen molar-refractivity contribution >= 4 is 0 Å². The molecule has 0 radical (unpaired) electrons. The lowest BCUT2D eigenvalue weighted by Gasteiger charge is -2.15. The van der Waals surface area contributed by atoms with Crippen molar-refractivity contribution in [3.05, 3.63) is 0 Å². The van der Waals surface area contributed by atoms with Crippen LogP contribution in [0.3, 0.4) is 0 Å². The summed E-state index contributed by atoms with van der Waals surface area (Å²) in [6.07, 6.45) is 7.03. The molecule has 13 heavy (non-hydrogen) atoms. The van der Waals surface area contributed by atoms with Crippen molar-refractivity contribution in [2.75, 3.05) is 33.7 Å². The minimum absolute atomic E-state index is 0.995. The number of hydrogen-bond donors (Lipinski definition) is 1. The van der Waals surface area contributed by atoms with Gasteiger partial charge in [0.15, 0.2) is 0 Å². The first-order valence-electron chi connectivity index (χ1n) is 5.64. The summed E-state index contributed by atoms with van der Waals surface area (Å²) in [5.74, 6) is 0.995. The molecule has 0 amide bonds. The fourth-order valence-corrected chi connectivity index (χ4v) is 2.08. The van der Waals surface area contributed by atoms with Crippen molar-refractivity contribution in [3.8, 4) is 0 Å². The summed E-state index contributed by atoms with van der Waals surface area (Å²) in [7, 11) is 4.32. The molecule has 0 saturated carbocycles. The SMILES string of the molecule is CN(C)CCCC1CCCNCC1. The molecule has 1 aliphatic rings. The van der Waals surface area contributed by atoms with E-state index in [1.165, 1.54) is 51.7 Å². The topological polar surface area (TPSA) is 15.3 Å². The van der Waals surface area contributed by atoms with E-state index in [0.29, 0.717) is 0 Å². The lowest BCUT2D eigenvalue weighted by Crippen LogP contribution is -2.15. The second kappa shape index (κ2) is 6.39. The fourth-order valence-electron chi connectivity index (χ4n) is 2.08. The van der Waals surface area contributed by atoms with Gasteiger partial charge in [0, 0.05) is 0 Å². The Morgan fingerprint density at radius 3 is 2.85 bits per heavy atom. The van der Waals surface area contributed by atoms with Crippen LogP contribution in [0.1, 0.15) is 32.1 Å². The average Bonchev–Trinajstić information content (AvgIpc) is 2.32. The quantitative estimate of drug-likeness (QED) is 0.715.